The van der Waals surface area contributed by atoms with Crippen molar-refractivity contribution in [3.05, 3.63) is 107 Å². The lowest BCUT2D eigenvalue weighted by atomic mass is 9.81. The topological polar surface area (TPSA) is 80.1 Å². The van der Waals surface area contributed by atoms with Crippen LogP contribution in [0.15, 0.2) is 78.3 Å². The molecule has 2 aromatic heterocycles. The highest BCUT2D eigenvalue weighted by Crippen LogP contribution is 2.43. The van der Waals surface area contributed by atoms with Gasteiger partial charge in [-0.3, -0.25) is 14.5 Å². The molecule has 2 atom stereocenters. The highest BCUT2D eigenvalue weighted by molar-refractivity contribution is 7.59. The zero-order valence-electron chi connectivity index (χ0n) is 21.8. The average Bonchev–Trinajstić information content (AvgIpc) is 3.54. The SMILES string of the molecule is CCN1C(=O)[C@@H](NC(=O)c2ccc3ncsc3c2)[C@@H](c2ccc(F)cc2)c2c(C)nn(-c3ccccc3)c21.S.S. The lowest BCUT2D eigenvalue weighted by Gasteiger charge is -2.38. The Morgan fingerprint density at radius 3 is 2.48 bits per heavy atom. The van der Waals surface area contributed by atoms with Gasteiger partial charge >= 0.3 is 0 Å². The molecule has 1 aliphatic rings. The third kappa shape index (κ3) is 5.00. The second-order valence-electron chi connectivity index (χ2n) is 9.17. The number of likely N-dealkylation sites (N-methyl/N-ethyl adjacent to an activating group) is 1. The Labute approximate surface area is 248 Å². The molecule has 0 fully saturated rings. The van der Waals surface area contributed by atoms with Crippen LogP contribution in [0.2, 0.25) is 0 Å². The van der Waals surface area contributed by atoms with E-state index in [-0.39, 0.29) is 44.6 Å². The Hall–Kier alpha value is -3.67. The number of para-hydroxylation sites is 1. The van der Waals surface area contributed by atoms with Gasteiger partial charge in [0.05, 0.1) is 27.1 Å². The summed E-state index contributed by atoms with van der Waals surface area (Å²) in [5.41, 5.74) is 6.08. The van der Waals surface area contributed by atoms with Crippen molar-refractivity contribution in [3.63, 3.8) is 0 Å². The van der Waals surface area contributed by atoms with Crippen LogP contribution in [-0.2, 0) is 4.79 Å². The molecule has 1 N–H and O–H groups in total. The van der Waals surface area contributed by atoms with Crippen molar-refractivity contribution in [3.8, 4) is 5.69 Å². The van der Waals surface area contributed by atoms with Crippen molar-refractivity contribution in [2.24, 2.45) is 0 Å². The van der Waals surface area contributed by atoms with E-state index in [2.05, 4.69) is 10.3 Å². The van der Waals surface area contributed by atoms with Gasteiger partial charge in [0.2, 0.25) is 0 Å². The molecule has 3 heterocycles. The number of nitrogens with zero attached hydrogens (tertiary/aromatic N) is 4. The molecule has 0 bridgehead atoms. The largest absolute Gasteiger partial charge is 0.339 e. The molecule has 1 aliphatic heterocycles. The number of aromatic nitrogens is 3. The van der Waals surface area contributed by atoms with Crippen LogP contribution in [0.5, 0.6) is 0 Å². The minimum atomic E-state index is -0.912. The summed E-state index contributed by atoms with van der Waals surface area (Å²) in [5, 5.41) is 7.83. The van der Waals surface area contributed by atoms with E-state index >= 15 is 0 Å². The molecular weight excluding hydrogens is 566 g/mol. The first-order chi connectivity index (χ1) is 18.5. The fraction of sp³-hybridized carbons (Fsp3) is 0.172. The molecule has 3 aromatic carbocycles. The molecule has 7 nitrogen and oxygen atoms in total. The standard InChI is InChI=1S/C29H24FN5O2S.2H2S/c1-3-34-28-24(17(2)33-35(28)21-7-5-4-6-8-21)25(18-9-12-20(30)13-10-18)26(29(34)37)32-27(36)19-11-14-22-23(15-19)38-16-31-22;;/h4-16,25-26H,3H2,1-2H3,(H,32,36);2*1H2/t25-,26-;;/m0../s1. The van der Waals surface area contributed by atoms with Crippen molar-refractivity contribution >= 4 is 66.2 Å². The number of thiazole rings is 1. The molecule has 5 aromatic rings. The van der Waals surface area contributed by atoms with Crippen molar-refractivity contribution in [1.82, 2.24) is 20.1 Å². The summed E-state index contributed by atoms with van der Waals surface area (Å²) in [6.07, 6.45) is 0. The summed E-state index contributed by atoms with van der Waals surface area (Å²) in [6, 6.07) is 20.1. The number of aryl methyl sites for hydroxylation is 1. The van der Waals surface area contributed by atoms with Gasteiger partial charge in [0.15, 0.2) is 0 Å². The van der Waals surface area contributed by atoms with Gasteiger partial charge in [-0.05, 0) is 61.9 Å². The molecule has 0 unspecified atom stereocenters. The van der Waals surface area contributed by atoms with E-state index < -0.39 is 12.0 Å². The minimum absolute atomic E-state index is 0. The first kappa shape index (κ1) is 29.3. The third-order valence-electron chi connectivity index (χ3n) is 6.94. The van der Waals surface area contributed by atoms with E-state index in [9.17, 15) is 14.0 Å². The zero-order valence-corrected chi connectivity index (χ0v) is 24.6. The summed E-state index contributed by atoms with van der Waals surface area (Å²) in [6.45, 7) is 4.18. The van der Waals surface area contributed by atoms with Crippen molar-refractivity contribution in [2.75, 3.05) is 11.4 Å². The van der Waals surface area contributed by atoms with Crippen LogP contribution in [0.25, 0.3) is 15.9 Å². The van der Waals surface area contributed by atoms with Crippen molar-refractivity contribution in [1.29, 1.82) is 0 Å². The Balaban J connectivity index is 0.00000185. The molecular formula is C29H28FN5O2S3. The van der Waals surface area contributed by atoms with Crippen LogP contribution >= 0.6 is 38.3 Å². The smallest absolute Gasteiger partial charge is 0.252 e. The zero-order chi connectivity index (χ0) is 26.4. The summed E-state index contributed by atoms with van der Waals surface area (Å²) >= 11 is 1.45. The van der Waals surface area contributed by atoms with Gasteiger partial charge in [-0.2, -0.15) is 32.1 Å². The quantitative estimate of drug-likeness (QED) is 0.294. The van der Waals surface area contributed by atoms with E-state index in [0.717, 1.165) is 32.7 Å². The maximum absolute atomic E-state index is 14.1. The third-order valence-corrected chi connectivity index (χ3v) is 7.73. The minimum Gasteiger partial charge on any atom is -0.339 e. The highest BCUT2D eigenvalue weighted by Gasteiger charge is 2.45. The Morgan fingerprint density at radius 2 is 1.77 bits per heavy atom. The van der Waals surface area contributed by atoms with Gasteiger partial charge in [0.1, 0.15) is 17.7 Å². The summed E-state index contributed by atoms with van der Waals surface area (Å²) in [4.78, 5) is 33.5. The van der Waals surface area contributed by atoms with E-state index in [1.54, 1.807) is 45.4 Å². The van der Waals surface area contributed by atoms with Gasteiger partial charge in [0, 0.05) is 23.6 Å². The van der Waals surface area contributed by atoms with Crippen LogP contribution in [0.4, 0.5) is 10.2 Å². The molecule has 6 rings (SSSR count). The maximum Gasteiger partial charge on any atom is 0.252 e. The van der Waals surface area contributed by atoms with Gasteiger partial charge < -0.3 is 5.32 Å². The summed E-state index contributed by atoms with van der Waals surface area (Å²) in [5.74, 6) is -0.889. The predicted molar refractivity (Wildman–Crippen MR) is 166 cm³/mol. The molecule has 40 heavy (non-hydrogen) atoms. The number of halogens is 1. The summed E-state index contributed by atoms with van der Waals surface area (Å²) in [7, 11) is 0. The monoisotopic (exact) mass is 593 g/mol. The van der Waals surface area contributed by atoms with E-state index in [4.69, 9.17) is 5.10 Å². The fourth-order valence-electron chi connectivity index (χ4n) is 5.18. The number of amides is 2. The van der Waals surface area contributed by atoms with Crippen LogP contribution in [0.1, 0.15) is 40.0 Å². The molecule has 11 heteroatoms. The fourth-order valence-corrected chi connectivity index (χ4v) is 5.90. The Bertz CT molecular complexity index is 1670. The van der Waals surface area contributed by atoms with Gasteiger partial charge in [-0.15, -0.1) is 11.3 Å². The normalized spacial score (nSPS) is 16.2. The number of fused-ring (bicyclic) bond motifs is 2. The number of carbonyl (C=O) groups is 2. The molecule has 0 radical (unpaired) electrons. The lowest BCUT2D eigenvalue weighted by Crippen LogP contribution is -2.55. The van der Waals surface area contributed by atoms with E-state index in [0.29, 0.717) is 17.9 Å². The summed E-state index contributed by atoms with van der Waals surface area (Å²) < 4.78 is 16.6. The number of nitrogens with one attached hydrogen (secondary N) is 1. The molecule has 0 spiro atoms. The van der Waals surface area contributed by atoms with Crippen molar-refractivity contribution in [2.45, 2.75) is 25.8 Å². The van der Waals surface area contributed by atoms with Crippen LogP contribution in [0.3, 0.4) is 0 Å². The van der Waals surface area contributed by atoms with E-state index in [1.807, 2.05) is 44.2 Å². The first-order valence-corrected chi connectivity index (χ1v) is 13.2. The number of anilines is 1. The average molecular weight is 594 g/mol. The number of hydrogen-bond acceptors (Lipinski definition) is 5. The highest BCUT2D eigenvalue weighted by atomic mass is 32.1. The van der Waals surface area contributed by atoms with E-state index in [1.165, 1.54) is 23.5 Å². The number of benzene rings is 3. The Kier molecular flexibility index (Phi) is 8.67. The Morgan fingerprint density at radius 1 is 1.05 bits per heavy atom. The molecule has 0 saturated heterocycles. The number of hydrogen-bond donors (Lipinski definition) is 1. The lowest BCUT2D eigenvalue weighted by molar-refractivity contribution is -0.121. The van der Waals surface area contributed by atoms with Crippen LogP contribution in [0, 0.1) is 12.7 Å². The molecule has 0 aliphatic carbocycles. The predicted octanol–water partition coefficient (Wildman–Crippen LogP) is 5.45. The number of carbonyl (C=O) groups excluding carboxylic acids is 2. The van der Waals surface area contributed by atoms with Gasteiger partial charge in [-0.1, -0.05) is 30.3 Å². The second-order valence-corrected chi connectivity index (χ2v) is 10.1. The van der Waals surface area contributed by atoms with Crippen LogP contribution < -0.4 is 10.2 Å². The maximum atomic E-state index is 14.1. The molecule has 2 amide bonds. The molecule has 206 valence electrons. The van der Waals surface area contributed by atoms with Crippen molar-refractivity contribution < 1.29 is 14.0 Å². The van der Waals surface area contributed by atoms with Gasteiger partial charge in [0.25, 0.3) is 11.8 Å². The molecule has 0 saturated carbocycles. The second kappa shape index (κ2) is 11.8. The van der Waals surface area contributed by atoms with Crippen LogP contribution in [-0.4, -0.2) is 39.2 Å². The first-order valence-electron chi connectivity index (χ1n) is 12.3. The number of rotatable bonds is 5. The van der Waals surface area contributed by atoms with Gasteiger partial charge in [-0.25, -0.2) is 14.1 Å².